The normalized spacial score (nSPS) is 36.8. The molecule has 0 amide bonds. The number of hydrogen-bond acceptors (Lipinski definition) is 3. The molecule has 0 spiro atoms. The Morgan fingerprint density at radius 2 is 1.37 bits per heavy atom. The summed E-state index contributed by atoms with van der Waals surface area (Å²) in [5.74, 6) is 0.814. The Balaban J connectivity index is 0.000000271. The summed E-state index contributed by atoms with van der Waals surface area (Å²) in [5, 5.41) is 28.0. The maximum absolute atomic E-state index is 10.0. The van der Waals surface area contributed by atoms with Crippen LogP contribution < -0.4 is 0 Å². The largest absolute Gasteiger partial charge is 0.390 e. The van der Waals surface area contributed by atoms with Crippen LogP contribution in [-0.4, -0.2) is 10.7 Å². The van der Waals surface area contributed by atoms with Crippen molar-refractivity contribution < 1.29 is 5.11 Å². The van der Waals surface area contributed by atoms with Gasteiger partial charge in [0.15, 0.2) is 0 Å². The van der Waals surface area contributed by atoms with Crippen LogP contribution in [0.2, 0.25) is 0 Å². The second-order valence-corrected chi connectivity index (χ2v) is 11.2. The van der Waals surface area contributed by atoms with E-state index < -0.39 is 5.60 Å². The first-order valence-corrected chi connectivity index (χ1v) is 10.4. The lowest BCUT2D eigenvalue weighted by atomic mass is 9.64. The Morgan fingerprint density at radius 3 is 1.67 bits per heavy atom. The molecule has 2 unspecified atom stereocenters. The molecule has 1 fully saturated rings. The van der Waals surface area contributed by atoms with E-state index in [1.54, 1.807) is 0 Å². The molecule has 152 valence electrons. The van der Waals surface area contributed by atoms with Crippen LogP contribution in [0.5, 0.6) is 0 Å². The van der Waals surface area contributed by atoms with Gasteiger partial charge >= 0.3 is 0 Å². The van der Waals surface area contributed by atoms with Crippen LogP contribution in [0.3, 0.4) is 0 Å². The van der Waals surface area contributed by atoms with Crippen molar-refractivity contribution in [3.05, 3.63) is 12.2 Å². The second kappa shape index (κ2) is 7.97. The molecule has 3 heteroatoms. The zero-order valence-electron chi connectivity index (χ0n) is 18.8. The van der Waals surface area contributed by atoms with E-state index in [9.17, 15) is 5.11 Å². The van der Waals surface area contributed by atoms with Gasteiger partial charge < -0.3 is 5.11 Å². The Morgan fingerprint density at radius 1 is 0.852 bits per heavy atom. The van der Waals surface area contributed by atoms with Crippen LogP contribution in [0.1, 0.15) is 93.9 Å². The molecular formula is C24H40N2O. The average molecular weight is 373 g/mol. The molecule has 0 aromatic carbocycles. The van der Waals surface area contributed by atoms with Gasteiger partial charge in [-0.15, -0.1) is 0 Å². The van der Waals surface area contributed by atoms with Crippen molar-refractivity contribution in [3.8, 4) is 12.1 Å². The van der Waals surface area contributed by atoms with Gasteiger partial charge in [-0.05, 0) is 77.6 Å². The van der Waals surface area contributed by atoms with Crippen LogP contribution in [-0.2, 0) is 0 Å². The molecule has 2 atom stereocenters. The molecule has 1 N–H and O–H groups in total. The van der Waals surface area contributed by atoms with Crippen molar-refractivity contribution >= 4 is 0 Å². The molecule has 0 heterocycles. The molecule has 3 nitrogen and oxygen atoms in total. The molecule has 2 aliphatic rings. The van der Waals surface area contributed by atoms with Gasteiger partial charge in [-0.2, -0.15) is 10.5 Å². The van der Waals surface area contributed by atoms with Crippen molar-refractivity contribution in [3.63, 3.8) is 0 Å². The van der Waals surface area contributed by atoms with E-state index >= 15 is 0 Å². The number of hydrogen-bond donors (Lipinski definition) is 1. The van der Waals surface area contributed by atoms with E-state index in [2.05, 4.69) is 39.8 Å². The summed E-state index contributed by atoms with van der Waals surface area (Å²) in [5.41, 5.74) is -0.868. The van der Waals surface area contributed by atoms with Crippen LogP contribution in [0, 0.1) is 50.2 Å². The zero-order valence-corrected chi connectivity index (χ0v) is 18.8. The lowest BCUT2D eigenvalue weighted by Gasteiger charge is -2.42. The van der Waals surface area contributed by atoms with E-state index in [0.717, 1.165) is 31.6 Å². The Bertz CT molecular complexity index is 615. The van der Waals surface area contributed by atoms with E-state index in [1.807, 2.05) is 39.8 Å². The van der Waals surface area contributed by atoms with Crippen molar-refractivity contribution in [2.45, 2.75) is 99.5 Å². The van der Waals surface area contributed by atoms with Gasteiger partial charge in [0.1, 0.15) is 0 Å². The second-order valence-electron chi connectivity index (χ2n) is 11.2. The molecule has 0 bridgehead atoms. The highest BCUT2D eigenvalue weighted by Gasteiger charge is 2.42. The minimum Gasteiger partial charge on any atom is -0.390 e. The topological polar surface area (TPSA) is 67.8 Å². The van der Waals surface area contributed by atoms with Gasteiger partial charge in [-0.25, -0.2) is 0 Å². The Labute approximate surface area is 167 Å². The quantitative estimate of drug-likeness (QED) is 0.542. The fourth-order valence-electron chi connectivity index (χ4n) is 3.89. The average Bonchev–Trinajstić information content (AvgIpc) is 2.57. The third-order valence-corrected chi connectivity index (χ3v) is 7.22. The molecule has 0 aromatic rings. The summed E-state index contributed by atoms with van der Waals surface area (Å²) < 4.78 is 0. The molecule has 0 aliphatic heterocycles. The van der Waals surface area contributed by atoms with Gasteiger partial charge in [0.25, 0.3) is 0 Å². The van der Waals surface area contributed by atoms with Crippen LogP contribution >= 0.6 is 0 Å². The van der Waals surface area contributed by atoms with E-state index in [1.165, 1.54) is 12.8 Å². The summed E-state index contributed by atoms with van der Waals surface area (Å²) in [4.78, 5) is 0. The van der Waals surface area contributed by atoms with Crippen LogP contribution in [0.4, 0.5) is 0 Å². The molecule has 0 aromatic heterocycles. The SMILES string of the molecule is CC1(C#N)C=CC(C)(C(C)(C)O)CC1.CC1(C#N)CCC(C(C)(C)C)CC1. The van der Waals surface area contributed by atoms with Crippen molar-refractivity contribution in [2.24, 2.45) is 27.6 Å². The first-order valence-electron chi connectivity index (χ1n) is 10.4. The zero-order chi connectivity index (χ0) is 21.1. The highest BCUT2D eigenvalue weighted by atomic mass is 16.3. The molecular weight excluding hydrogens is 332 g/mol. The fourth-order valence-corrected chi connectivity index (χ4v) is 3.89. The fraction of sp³-hybridized carbons (Fsp3) is 0.833. The predicted octanol–water partition coefficient (Wildman–Crippen LogP) is 6.40. The number of aliphatic hydroxyl groups is 1. The standard InChI is InChI=1S/C12H19NO.C12H21N/c1-10(2,14)12(4)7-5-11(3,9-13)6-8-12;1-11(2,3)10-5-7-12(4,9-13)8-6-10/h5,7,14H,6,8H2,1-4H3;10H,5-8H2,1-4H3. The minimum absolute atomic E-state index is 0.0260. The van der Waals surface area contributed by atoms with Crippen molar-refractivity contribution in [1.29, 1.82) is 10.5 Å². The van der Waals surface area contributed by atoms with Gasteiger partial charge in [0.05, 0.1) is 28.6 Å². The van der Waals surface area contributed by atoms with Gasteiger partial charge in [0, 0.05) is 5.41 Å². The van der Waals surface area contributed by atoms with E-state index in [0.29, 0.717) is 5.41 Å². The van der Waals surface area contributed by atoms with E-state index in [-0.39, 0.29) is 16.2 Å². The van der Waals surface area contributed by atoms with Gasteiger partial charge in [-0.3, -0.25) is 0 Å². The minimum atomic E-state index is -0.722. The summed E-state index contributed by atoms with van der Waals surface area (Å²) in [6.07, 6.45) is 10.3. The molecule has 1 saturated carbocycles. The predicted molar refractivity (Wildman–Crippen MR) is 112 cm³/mol. The number of nitrogens with zero attached hydrogens (tertiary/aromatic N) is 2. The molecule has 2 rings (SSSR count). The first kappa shape index (κ1) is 23.7. The van der Waals surface area contributed by atoms with Crippen LogP contribution in [0.25, 0.3) is 0 Å². The maximum atomic E-state index is 10.0. The third-order valence-electron chi connectivity index (χ3n) is 7.22. The highest BCUT2D eigenvalue weighted by molar-refractivity contribution is 5.20. The van der Waals surface area contributed by atoms with Gasteiger partial charge in [0.2, 0.25) is 0 Å². The monoisotopic (exact) mass is 372 g/mol. The Hall–Kier alpha value is -1.32. The lowest BCUT2D eigenvalue weighted by Crippen LogP contribution is -2.42. The smallest absolute Gasteiger partial charge is 0.0728 e. The van der Waals surface area contributed by atoms with E-state index in [4.69, 9.17) is 10.5 Å². The summed E-state index contributed by atoms with van der Waals surface area (Å²) in [6, 6.07) is 4.75. The van der Waals surface area contributed by atoms with Crippen molar-refractivity contribution in [2.75, 3.05) is 0 Å². The molecule has 0 saturated heterocycles. The Kier molecular flexibility index (Phi) is 7.00. The molecule has 0 radical (unpaired) electrons. The van der Waals surface area contributed by atoms with Crippen molar-refractivity contribution in [1.82, 2.24) is 0 Å². The third kappa shape index (κ3) is 6.08. The molecule has 2 aliphatic carbocycles. The summed E-state index contributed by atoms with van der Waals surface area (Å²) in [6.45, 7) is 16.7. The molecule has 27 heavy (non-hydrogen) atoms. The number of allylic oxidation sites excluding steroid dienone is 1. The lowest BCUT2D eigenvalue weighted by molar-refractivity contribution is -0.0287. The number of nitriles is 2. The number of rotatable bonds is 1. The first-order chi connectivity index (χ1) is 12.1. The maximum Gasteiger partial charge on any atom is 0.0728 e. The summed E-state index contributed by atoms with van der Waals surface area (Å²) in [7, 11) is 0. The van der Waals surface area contributed by atoms with Gasteiger partial charge in [-0.1, -0.05) is 39.8 Å². The summed E-state index contributed by atoms with van der Waals surface area (Å²) >= 11 is 0. The highest BCUT2D eigenvalue weighted by Crippen LogP contribution is 2.46. The van der Waals surface area contributed by atoms with Crippen LogP contribution in [0.15, 0.2) is 12.2 Å².